The van der Waals surface area contributed by atoms with Gasteiger partial charge in [-0.15, -0.1) is 0 Å². The van der Waals surface area contributed by atoms with E-state index in [0.29, 0.717) is 0 Å². The second-order valence-corrected chi connectivity index (χ2v) is 5.45. The van der Waals surface area contributed by atoms with E-state index in [0.717, 1.165) is 18.2 Å². The number of hydrogen-bond donors (Lipinski definition) is 2. The largest absolute Gasteiger partial charge is 0.392 e. The van der Waals surface area contributed by atoms with Gasteiger partial charge < -0.3 is 5.11 Å². The van der Waals surface area contributed by atoms with Gasteiger partial charge in [0, 0.05) is 6.54 Å². The SMILES string of the molecule is C[C@@H](O)CNS(=O)(=O)c1ccc(F)c(Cl)c1. The molecule has 0 amide bonds. The first-order chi connectivity index (χ1) is 7.33. The lowest BCUT2D eigenvalue weighted by molar-refractivity contribution is 0.198. The molecule has 7 heteroatoms. The third-order valence-electron chi connectivity index (χ3n) is 1.77. The Kier molecular flexibility index (Phi) is 4.26. The van der Waals surface area contributed by atoms with Crippen molar-refractivity contribution in [2.24, 2.45) is 0 Å². The number of benzene rings is 1. The summed E-state index contributed by atoms with van der Waals surface area (Å²) in [6.45, 7) is 1.33. The molecule has 2 N–H and O–H groups in total. The lowest BCUT2D eigenvalue weighted by Gasteiger charge is -2.08. The monoisotopic (exact) mass is 267 g/mol. The van der Waals surface area contributed by atoms with Gasteiger partial charge in [0.05, 0.1) is 16.0 Å². The van der Waals surface area contributed by atoms with Gasteiger partial charge in [-0.05, 0) is 25.1 Å². The predicted octanol–water partition coefficient (Wildman–Crippen LogP) is 1.14. The van der Waals surface area contributed by atoms with Gasteiger partial charge in [0.15, 0.2) is 0 Å². The summed E-state index contributed by atoms with van der Waals surface area (Å²) in [6, 6.07) is 3.09. The fourth-order valence-corrected chi connectivity index (χ4v) is 2.35. The molecule has 0 fully saturated rings. The van der Waals surface area contributed by atoms with Crippen LogP contribution in [-0.4, -0.2) is 26.2 Å². The maximum Gasteiger partial charge on any atom is 0.240 e. The quantitative estimate of drug-likeness (QED) is 0.860. The molecule has 0 unspecified atom stereocenters. The van der Waals surface area contributed by atoms with Crippen LogP contribution >= 0.6 is 11.6 Å². The minimum absolute atomic E-state index is 0.114. The van der Waals surface area contributed by atoms with Crippen molar-refractivity contribution >= 4 is 21.6 Å². The zero-order chi connectivity index (χ0) is 12.3. The number of sulfonamides is 1. The van der Waals surface area contributed by atoms with E-state index in [1.165, 1.54) is 6.92 Å². The van der Waals surface area contributed by atoms with Crippen molar-refractivity contribution in [2.45, 2.75) is 17.9 Å². The Morgan fingerprint density at radius 2 is 2.19 bits per heavy atom. The van der Waals surface area contributed by atoms with E-state index in [1.807, 2.05) is 0 Å². The van der Waals surface area contributed by atoms with E-state index in [4.69, 9.17) is 16.7 Å². The predicted molar refractivity (Wildman–Crippen MR) is 58.3 cm³/mol. The van der Waals surface area contributed by atoms with Crippen LogP contribution in [0.25, 0.3) is 0 Å². The number of halogens is 2. The fraction of sp³-hybridized carbons (Fsp3) is 0.333. The average molecular weight is 268 g/mol. The summed E-state index contributed by atoms with van der Waals surface area (Å²) in [5, 5.41) is 8.68. The van der Waals surface area contributed by atoms with E-state index in [2.05, 4.69) is 4.72 Å². The zero-order valence-electron chi connectivity index (χ0n) is 8.44. The molecular weight excluding hydrogens is 257 g/mol. The van der Waals surface area contributed by atoms with Crippen molar-refractivity contribution in [2.75, 3.05) is 6.54 Å². The van der Waals surface area contributed by atoms with Crippen LogP contribution < -0.4 is 4.72 Å². The lowest BCUT2D eigenvalue weighted by atomic mass is 10.3. The van der Waals surface area contributed by atoms with Crippen LogP contribution in [0.15, 0.2) is 23.1 Å². The molecule has 0 bridgehead atoms. The molecule has 1 aromatic rings. The Morgan fingerprint density at radius 1 is 1.56 bits per heavy atom. The van der Waals surface area contributed by atoms with Gasteiger partial charge >= 0.3 is 0 Å². The average Bonchev–Trinajstić information content (AvgIpc) is 2.19. The number of hydrogen-bond acceptors (Lipinski definition) is 3. The highest BCUT2D eigenvalue weighted by atomic mass is 35.5. The molecule has 4 nitrogen and oxygen atoms in total. The summed E-state index contributed by atoms with van der Waals surface area (Å²) in [5.41, 5.74) is 0. The van der Waals surface area contributed by atoms with Crippen LogP contribution in [0.4, 0.5) is 4.39 Å². The molecule has 1 rings (SSSR count). The van der Waals surface area contributed by atoms with Crippen molar-refractivity contribution in [1.82, 2.24) is 4.72 Å². The van der Waals surface area contributed by atoms with Gasteiger partial charge in [0.25, 0.3) is 0 Å². The Labute approximate surface area is 98.1 Å². The Hall–Kier alpha value is -0.690. The van der Waals surface area contributed by atoms with Crippen molar-refractivity contribution in [3.05, 3.63) is 29.0 Å². The summed E-state index contributed by atoms with van der Waals surface area (Å²) in [4.78, 5) is -0.139. The summed E-state index contributed by atoms with van der Waals surface area (Å²) < 4.78 is 38.2. The first-order valence-corrected chi connectivity index (χ1v) is 6.32. The molecule has 0 spiro atoms. The molecule has 0 aliphatic carbocycles. The second-order valence-electron chi connectivity index (χ2n) is 3.28. The van der Waals surface area contributed by atoms with Crippen LogP contribution in [-0.2, 0) is 10.0 Å². The Morgan fingerprint density at radius 3 is 2.69 bits per heavy atom. The van der Waals surface area contributed by atoms with Crippen LogP contribution in [0.5, 0.6) is 0 Å². The van der Waals surface area contributed by atoms with Crippen LogP contribution in [0, 0.1) is 5.82 Å². The normalized spacial score (nSPS) is 13.8. The van der Waals surface area contributed by atoms with Gasteiger partial charge in [0.2, 0.25) is 10.0 Å². The van der Waals surface area contributed by atoms with E-state index in [9.17, 15) is 12.8 Å². The van der Waals surface area contributed by atoms with Crippen molar-refractivity contribution < 1.29 is 17.9 Å². The van der Waals surface area contributed by atoms with Crippen molar-refractivity contribution in [3.63, 3.8) is 0 Å². The highest BCUT2D eigenvalue weighted by molar-refractivity contribution is 7.89. The fourth-order valence-electron chi connectivity index (χ4n) is 0.958. The number of nitrogens with one attached hydrogen (secondary N) is 1. The molecular formula is C9H11ClFNO3S. The molecule has 0 aliphatic heterocycles. The molecule has 0 aliphatic rings. The number of aliphatic hydroxyl groups is 1. The molecule has 0 saturated heterocycles. The summed E-state index contributed by atoms with van der Waals surface area (Å²) in [7, 11) is -3.76. The van der Waals surface area contributed by atoms with E-state index in [1.54, 1.807) is 0 Å². The molecule has 0 saturated carbocycles. The minimum Gasteiger partial charge on any atom is -0.392 e. The van der Waals surface area contributed by atoms with Crippen molar-refractivity contribution in [3.8, 4) is 0 Å². The topological polar surface area (TPSA) is 66.4 Å². The molecule has 0 radical (unpaired) electrons. The van der Waals surface area contributed by atoms with Gasteiger partial charge in [-0.1, -0.05) is 11.6 Å². The Bertz CT molecular complexity index is 476. The van der Waals surface area contributed by atoms with Crippen LogP contribution in [0.1, 0.15) is 6.92 Å². The summed E-state index contributed by atoms with van der Waals surface area (Å²) in [6.07, 6.45) is -0.800. The van der Waals surface area contributed by atoms with Gasteiger partial charge in [-0.3, -0.25) is 0 Å². The first-order valence-electron chi connectivity index (χ1n) is 4.45. The Balaban J connectivity index is 2.94. The third-order valence-corrected chi connectivity index (χ3v) is 3.48. The maximum atomic E-state index is 12.8. The third kappa shape index (κ3) is 3.41. The smallest absolute Gasteiger partial charge is 0.240 e. The standard InChI is InChI=1S/C9H11ClFNO3S/c1-6(13)5-12-16(14,15)7-2-3-9(11)8(10)4-7/h2-4,6,12-13H,5H2,1H3/t6-/m1/s1. The molecule has 90 valence electrons. The second kappa shape index (κ2) is 5.09. The molecule has 1 atom stereocenters. The van der Waals surface area contributed by atoms with Crippen molar-refractivity contribution in [1.29, 1.82) is 0 Å². The molecule has 0 heterocycles. The number of rotatable bonds is 4. The summed E-state index contributed by atoms with van der Waals surface area (Å²) >= 11 is 5.47. The molecule has 1 aromatic carbocycles. The molecule has 16 heavy (non-hydrogen) atoms. The summed E-state index contributed by atoms with van der Waals surface area (Å²) in [5.74, 6) is -0.684. The highest BCUT2D eigenvalue weighted by Gasteiger charge is 2.15. The van der Waals surface area contributed by atoms with E-state index < -0.39 is 21.9 Å². The van der Waals surface area contributed by atoms with E-state index >= 15 is 0 Å². The number of aliphatic hydroxyl groups excluding tert-OH is 1. The van der Waals surface area contributed by atoms with Gasteiger partial charge in [-0.25, -0.2) is 17.5 Å². The van der Waals surface area contributed by atoms with Crippen LogP contribution in [0.2, 0.25) is 5.02 Å². The lowest BCUT2D eigenvalue weighted by Crippen LogP contribution is -2.30. The molecule has 0 aromatic heterocycles. The zero-order valence-corrected chi connectivity index (χ0v) is 10.0. The maximum absolute atomic E-state index is 12.8. The van der Waals surface area contributed by atoms with E-state index in [-0.39, 0.29) is 16.5 Å². The highest BCUT2D eigenvalue weighted by Crippen LogP contribution is 2.19. The first kappa shape index (κ1) is 13.4. The minimum atomic E-state index is -3.76. The van der Waals surface area contributed by atoms with Gasteiger partial charge in [0.1, 0.15) is 5.82 Å². The van der Waals surface area contributed by atoms with Crippen LogP contribution in [0.3, 0.4) is 0 Å². The van der Waals surface area contributed by atoms with Gasteiger partial charge in [-0.2, -0.15) is 0 Å².